The molecule has 2 aromatic rings. The van der Waals surface area contributed by atoms with E-state index in [1.165, 1.54) is 27.9 Å². The second kappa shape index (κ2) is 8.71. The quantitative estimate of drug-likeness (QED) is 0.683. The molecule has 0 saturated carbocycles. The van der Waals surface area contributed by atoms with E-state index >= 15 is 0 Å². The lowest BCUT2D eigenvalue weighted by Gasteiger charge is -2.25. The van der Waals surface area contributed by atoms with Crippen LogP contribution >= 0.6 is 11.3 Å². The third-order valence-electron chi connectivity index (χ3n) is 4.41. The van der Waals surface area contributed by atoms with Gasteiger partial charge in [0.2, 0.25) is 0 Å². The summed E-state index contributed by atoms with van der Waals surface area (Å²) in [6.45, 7) is 5.73. The van der Waals surface area contributed by atoms with E-state index in [0.717, 1.165) is 11.3 Å². The van der Waals surface area contributed by atoms with Crippen molar-refractivity contribution in [1.29, 1.82) is 0 Å². The first kappa shape index (κ1) is 22.8. The number of sulfonamides is 1. The summed E-state index contributed by atoms with van der Waals surface area (Å²) in [5.41, 5.74) is 1.19. The maximum atomic E-state index is 13.2. The third kappa shape index (κ3) is 5.44. The average molecular weight is 469 g/mol. The highest BCUT2D eigenvalue weighted by atomic mass is 32.2. The lowest BCUT2D eigenvalue weighted by atomic mass is 10.2. The molecule has 1 atom stereocenters. The van der Waals surface area contributed by atoms with E-state index in [9.17, 15) is 18.0 Å². The lowest BCUT2D eigenvalue weighted by molar-refractivity contribution is 0.0608. The van der Waals surface area contributed by atoms with Gasteiger partial charge >= 0.3 is 12.2 Å². The summed E-state index contributed by atoms with van der Waals surface area (Å²) in [5.74, 6) is -0.0406. The van der Waals surface area contributed by atoms with Crippen molar-refractivity contribution in [1.82, 2.24) is 9.88 Å². The van der Waals surface area contributed by atoms with Gasteiger partial charge in [0.1, 0.15) is 5.60 Å². The van der Waals surface area contributed by atoms with Crippen LogP contribution < -0.4 is 9.62 Å². The maximum absolute atomic E-state index is 13.2. The first-order chi connectivity index (χ1) is 14.5. The zero-order valence-electron chi connectivity index (χ0n) is 17.3. The van der Waals surface area contributed by atoms with Gasteiger partial charge in [-0.05, 0) is 51.5 Å². The number of aromatic nitrogens is 1. The molecule has 1 aliphatic heterocycles. The zero-order valence-corrected chi connectivity index (χ0v) is 18.9. The molecule has 0 spiro atoms. The van der Waals surface area contributed by atoms with Crippen LogP contribution in [0.1, 0.15) is 27.2 Å². The van der Waals surface area contributed by atoms with Gasteiger partial charge in [-0.1, -0.05) is 0 Å². The van der Waals surface area contributed by atoms with Gasteiger partial charge in [-0.25, -0.2) is 23.0 Å². The van der Waals surface area contributed by atoms with E-state index in [1.807, 2.05) is 0 Å². The molecule has 1 unspecified atom stereocenters. The van der Waals surface area contributed by atoms with Crippen molar-refractivity contribution in [3.8, 4) is 0 Å². The van der Waals surface area contributed by atoms with Crippen molar-refractivity contribution >= 4 is 45.1 Å². The van der Waals surface area contributed by atoms with Crippen LogP contribution in [0.5, 0.6) is 0 Å². The number of thiazole rings is 1. The van der Waals surface area contributed by atoms with Crippen LogP contribution in [0.3, 0.4) is 0 Å². The van der Waals surface area contributed by atoms with E-state index in [-0.39, 0.29) is 16.8 Å². The number of anilines is 2. The summed E-state index contributed by atoms with van der Waals surface area (Å²) in [4.78, 5) is 28.9. The van der Waals surface area contributed by atoms with Crippen LogP contribution in [0.2, 0.25) is 0 Å². The highest BCUT2D eigenvalue weighted by molar-refractivity contribution is 7.93. The molecule has 1 fully saturated rings. The number of amides is 2. The Morgan fingerprint density at radius 2 is 1.97 bits per heavy atom. The topological polar surface area (TPSA) is 129 Å². The van der Waals surface area contributed by atoms with Crippen LogP contribution in [-0.4, -0.2) is 60.3 Å². The minimum Gasteiger partial charge on any atom is -0.465 e. The minimum atomic E-state index is -4.27. The third-order valence-corrected chi connectivity index (χ3v) is 6.67. The van der Waals surface area contributed by atoms with Crippen LogP contribution in [0.4, 0.5) is 21.1 Å². The number of carboxylic acid groups (broad SMARTS) is 1. The SMILES string of the molecule is CC(C)(C)OC(=O)N(c1cscn1)S(=O)(=O)c1ccc(NC2CCN(C(=O)O)C2)cc1. The molecule has 12 heteroatoms. The summed E-state index contributed by atoms with van der Waals surface area (Å²) in [5, 5.41) is 13.7. The molecular weight excluding hydrogens is 444 g/mol. The molecule has 0 aliphatic carbocycles. The number of nitrogens with one attached hydrogen (secondary N) is 1. The number of carbonyl (C=O) groups excluding carboxylic acids is 1. The van der Waals surface area contributed by atoms with E-state index in [2.05, 4.69) is 10.3 Å². The van der Waals surface area contributed by atoms with E-state index in [1.54, 1.807) is 32.9 Å². The Kier molecular flexibility index (Phi) is 6.41. The first-order valence-electron chi connectivity index (χ1n) is 9.48. The molecule has 1 aliphatic rings. The predicted molar refractivity (Wildman–Crippen MR) is 116 cm³/mol. The lowest BCUT2D eigenvalue weighted by Crippen LogP contribution is -2.41. The Morgan fingerprint density at radius 3 is 2.48 bits per heavy atom. The number of likely N-dealkylation sites (tertiary alicyclic amines) is 1. The Labute approximate surface area is 184 Å². The fourth-order valence-electron chi connectivity index (χ4n) is 3.04. The molecule has 2 heterocycles. The highest BCUT2D eigenvalue weighted by Gasteiger charge is 2.36. The van der Waals surface area contributed by atoms with E-state index < -0.39 is 27.8 Å². The molecule has 0 bridgehead atoms. The summed E-state index contributed by atoms with van der Waals surface area (Å²) in [7, 11) is -4.27. The molecule has 0 radical (unpaired) electrons. The molecule has 10 nitrogen and oxygen atoms in total. The Morgan fingerprint density at radius 1 is 1.29 bits per heavy atom. The first-order valence-corrected chi connectivity index (χ1v) is 11.9. The van der Waals surface area contributed by atoms with Crippen LogP contribution in [0.15, 0.2) is 40.1 Å². The molecule has 1 aromatic heterocycles. The van der Waals surface area contributed by atoms with Gasteiger partial charge in [0.15, 0.2) is 5.82 Å². The summed E-state index contributed by atoms with van der Waals surface area (Å²) in [6, 6.07) is 5.85. The van der Waals surface area contributed by atoms with Crippen LogP contribution in [0.25, 0.3) is 0 Å². The second-order valence-electron chi connectivity index (χ2n) is 7.98. The molecule has 1 saturated heterocycles. The number of hydrogen-bond donors (Lipinski definition) is 2. The number of benzene rings is 1. The van der Waals surface area contributed by atoms with Gasteiger partial charge in [0, 0.05) is 30.2 Å². The molecule has 2 N–H and O–H groups in total. The van der Waals surface area contributed by atoms with Crippen molar-refractivity contribution in [3.05, 3.63) is 35.2 Å². The summed E-state index contributed by atoms with van der Waals surface area (Å²) in [6.07, 6.45) is -1.35. The molecule has 2 amide bonds. The average Bonchev–Trinajstić information content (AvgIpc) is 3.33. The Hall–Kier alpha value is -2.86. The standard InChI is InChI=1S/C19H24N4O6S2/c1-19(2,3)29-18(26)23(16-11-30-12-20-16)31(27,28)15-6-4-13(5-7-15)21-14-8-9-22(10-14)17(24)25/h4-7,11-12,14,21H,8-10H2,1-3H3,(H,24,25). The van der Waals surface area contributed by atoms with Crippen LogP contribution in [0, 0.1) is 0 Å². The van der Waals surface area contributed by atoms with Crippen molar-refractivity contribution in [3.63, 3.8) is 0 Å². The summed E-state index contributed by atoms with van der Waals surface area (Å²) >= 11 is 1.16. The second-order valence-corrected chi connectivity index (χ2v) is 10.5. The Bertz CT molecular complexity index is 1030. The molecule has 3 rings (SSSR count). The maximum Gasteiger partial charge on any atom is 0.430 e. The fourth-order valence-corrected chi connectivity index (χ4v) is 4.90. The number of hydrogen-bond acceptors (Lipinski definition) is 8. The van der Waals surface area contributed by atoms with Crippen LogP contribution in [-0.2, 0) is 14.8 Å². The van der Waals surface area contributed by atoms with Crippen molar-refractivity contribution in [2.75, 3.05) is 22.7 Å². The van der Waals surface area contributed by atoms with Gasteiger partial charge in [-0.2, -0.15) is 0 Å². The fraction of sp³-hybridized carbons (Fsp3) is 0.421. The summed E-state index contributed by atoms with van der Waals surface area (Å²) < 4.78 is 32.3. The van der Waals surface area contributed by atoms with Crippen molar-refractivity contribution < 1.29 is 27.9 Å². The smallest absolute Gasteiger partial charge is 0.430 e. The molecule has 31 heavy (non-hydrogen) atoms. The number of carbonyl (C=O) groups is 2. The zero-order chi connectivity index (χ0) is 22.8. The van der Waals surface area contributed by atoms with Gasteiger partial charge in [-0.15, -0.1) is 15.6 Å². The van der Waals surface area contributed by atoms with Gasteiger partial charge in [-0.3, -0.25) is 0 Å². The van der Waals surface area contributed by atoms with Gasteiger partial charge in [0.05, 0.1) is 10.4 Å². The number of nitrogens with zero attached hydrogens (tertiary/aromatic N) is 3. The molecule has 1 aromatic carbocycles. The largest absolute Gasteiger partial charge is 0.465 e. The monoisotopic (exact) mass is 468 g/mol. The highest BCUT2D eigenvalue weighted by Crippen LogP contribution is 2.27. The molecule has 168 valence electrons. The van der Waals surface area contributed by atoms with E-state index in [0.29, 0.717) is 29.5 Å². The van der Waals surface area contributed by atoms with E-state index in [4.69, 9.17) is 9.84 Å². The Balaban J connectivity index is 1.80. The predicted octanol–water partition coefficient (Wildman–Crippen LogP) is 3.44. The molecular formula is C19H24N4O6S2. The number of ether oxygens (including phenoxy) is 1. The minimum absolute atomic E-state index is 0.0406. The normalized spacial score (nSPS) is 16.7. The van der Waals surface area contributed by atoms with Gasteiger partial charge in [0.25, 0.3) is 10.0 Å². The van der Waals surface area contributed by atoms with Crippen molar-refractivity contribution in [2.24, 2.45) is 0 Å². The van der Waals surface area contributed by atoms with Gasteiger partial charge < -0.3 is 20.1 Å². The van der Waals surface area contributed by atoms with Crippen molar-refractivity contribution in [2.45, 2.75) is 43.7 Å². The number of rotatable bonds is 5.